The molecule has 3 aromatic heterocycles. The maximum Gasteiger partial charge on any atom is 0.352 e. The third-order valence-corrected chi connectivity index (χ3v) is 7.77. The van der Waals surface area contributed by atoms with Gasteiger partial charge in [-0.15, -0.1) is 0 Å². The second-order valence-electron chi connectivity index (χ2n) is 8.43. The molecule has 10 heteroatoms. The van der Waals surface area contributed by atoms with Gasteiger partial charge in [-0.1, -0.05) is 23.5 Å². The number of anilines is 1. The topological polar surface area (TPSA) is 91.0 Å². The molecule has 1 unspecified atom stereocenters. The molecule has 4 aromatic rings. The molecule has 1 aromatic carbocycles. The Morgan fingerprint density at radius 1 is 1.30 bits per heavy atom. The van der Waals surface area contributed by atoms with Crippen LogP contribution in [0.2, 0.25) is 0 Å². The minimum atomic E-state index is -0.244. The maximum atomic E-state index is 13.4. The summed E-state index contributed by atoms with van der Waals surface area (Å²) in [7, 11) is 1.63. The number of hydrogen-bond donors (Lipinski definition) is 0. The monoisotopic (exact) mass is 465 g/mol. The summed E-state index contributed by atoms with van der Waals surface area (Å²) in [4.78, 5) is 33.8. The third kappa shape index (κ3) is 3.24. The minimum Gasteiger partial charge on any atom is -0.497 e. The van der Waals surface area contributed by atoms with Crippen molar-refractivity contribution < 1.29 is 14.3 Å². The lowest BCUT2D eigenvalue weighted by Crippen LogP contribution is -2.39. The first-order chi connectivity index (χ1) is 16.2. The molecule has 1 amide bonds. The van der Waals surface area contributed by atoms with Crippen molar-refractivity contribution in [1.29, 1.82) is 0 Å². The van der Waals surface area contributed by atoms with Gasteiger partial charge in [-0.25, -0.2) is 9.78 Å². The van der Waals surface area contributed by atoms with E-state index in [4.69, 9.17) is 9.47 Å². The summed E-state index contributed by atoms with van der Waals surface area (Å²) in [6.45, 7) is 2.18. The van der Waals surface area contributed by atoms with Gasteiger partial charge in [0.25, 0.3) is 0 Å². The van der Waals surface area contributed by atoms with Gasteiger partial charge in [-0.05, 0) is 37.0 Å². The van der Waals surface area contributed by atoms with E-state index in [2.05, 4.69) is 10.1 Å². The van der Waals surface area contributed by atoms with E-state index in [-0.39, 0.29) is 17.5 Å². The van der Waals surface area contributed by atoms with E-state index in [0.717, 1.165) is 51.4 Å². The summed E-state index contributed by atoms with van der Waals surface area (Å²) < 4.78 is 13.8. The number of thiophene rings is 1. The summed E-state index contributed by atoms with van der Waals surface area (Å²) in [5.41, 5.74) is 2.36. The molecule has 0 N–H and O–H groups in total. The summed E-state index contributed by atoms with van der Waals surface area (Å²) >= 11 is 1.50. The molecule has 2 aliphatic rings. The molecule has 0 radical (unpaired) electrons. The smallest absolute Gasteiger partial charge is 0.352 e. The fourth-order valence-electron chi connectivity index (χ4n) is 4.79. The van der Waals surface area contributed by atoms with Crippen molar-refractivity contribution in [1.82, 2.24) is 19.2 Å². The van der Waals surface area contributed by atoms with Gasteiger partial charge >= 0.3 is 5.69 Å². The molecule has 0 aliphatic carbocycles. The molecule has 0 bridgehead atoms. The Kier molecular flexibility index (Phi) is 4.92. The van der Waals surface area contributed by atoms with Gasteiger partial charge in [0.15, 0.2) is 5.65 Å². The quantitative estimate of drug-likeness (QED) is 0.460. The number of hydrogen-bond acceptors (Lipinski definition) is 7. The molecule has 6 rings (SSSR count). The molecule has 170 valence electrons. The van der Waals surface area contributed by atoms with Crippen molar-refractivity contribution in [2.45, 2.75) is 25.8 Å². The number of ether oxygens (including phenoxy) is 2. The van der Waals surface area contributed by atoms with Crippen molar-refractivity contribution in [2.75, 3.05) is 31.8 Å². The average Bonchev–Trinajstić information content (AvgIpc) is 3.60. The van der Waals surface area contributed by atoms with Crippen LogP contribution in [0.15, 0.2) is 35.4 Å². The lowest BCUT2D eigenvalue weighted by Gasteiger charge is -2.28. The number of aryl methyl sites for hydroxylation is 1. The van der Waals surface area contributed by atoms with Gasteiger partial charge in [-0.2, -0.15) is 9.61 Å². The molecule has 0 spiro atoms. The van der Waals surface area contributed by atoms with Crippen LogP contribution in [0, 0.1) is 5.92 Å². The van der Waals surface area contributed by atoms with Gasteiger partial charge in [-0.3, -0.25) is 9.36 Å². The van der Waals surface area contributed by atoms with Crippen molar-refractivity contribution in [3.05, 3.63) is 52.2 Å². The summed E-state index contributed by atoms with van der Waals surface area (Å²) in [6, 6.07) is 7.67. The minimum absolute atomic E-state index is 0.101. The molecule has 0 saturated carbocycles. The van der Waals surface area contributed by atoms with E-state index < -0.39 is 0 Å². The van der Waals surface area contributed by atoms with Crippen LogP contribution < -0.4 is 15.3 Å². The van der Waals surface area contributed by atoms with E-state index in [1.165, 1.54) is 22.2 Å². The van der Waals surface area contributed by atoms with Crippen LogP contribution in [0.1, 0.15) is 24.0 Å². The highest BCUT2D eigenvalue weighted by atomic mass is 32.1. The second kappa shape index (κ2) is 7.96. The largest absolute Gasteiger partial charge is 0.497 e. The number of methoxy groups -OCH3 is 1. The fourth-order valence-corrected chi connectivity index (χ4v) is 6.16. The van der Waals surface area contributed by atoms with Gasteiger partial charge in [0.1, 0.15) is 21.9 Å². The van der Waals surface area contributed by atoms with E-state index in [9.17, 15) is 9.59 Å². The van der Waals surface area contributed by atoms with E-state index in [1.807, 2.05) is 29.2 Å². The van der Waals surface area contributed by atoms with Crippen LogP contribution in [-0.4, -0.2) is 51.9 Å². The first kappa shape index (κ1) is 20.4. The molecule has 1 fully saturated rings. The number of aromatic nitrogens is 4. The van der Waals surface area contributed by atoms with Gasteiger partial charge in [0, 0.05) is 18.7 Å². The number of benzene rings is 1. The Morgan fingerprint density at radius 3 is 2.91 bits per heavy atom. The number of amides is 1. The van der Waals surface area contributed by atoms with E-state index >= 15 is 0 Å². The summed E-state index contributed by atoms with van der Waals surface area (Å²) in [6.07, 6.45) is 3.88. The zero-order valence-corrected chi connectivity index (χ0v) is 19.0. The molecule has 5 heterocycles. The first-order valence-electron chi connectivity index (χ1n) is 11.1. The van der Waals surface area contributed by atoms with Crippen LogP contribution in [-0.2, 0) is 22.5 Å². The van der Waals surface area contributed by atoms with Crippen molar-refractivity contribution >= 4 is 38.1 Å². The van der Waals surface area contributed by atoms with Crippen LogP contribution in [0.25, 0.3) is 15.9 Å². The highest BCUT2D eigenvalue weighted by molar-refractivity contribution is 7.23. The van der Waals surface area contributed by atoms with Crippen LogP contribution in [0.5, 0.6) is 5.75 Å². The highest BCUT2D eigenvalue weighted by Crippen LogP contribution is 2.43. The standard InChI is InChI=1S/C23H23N5O4S/c1-31-16-6-4-14(5-7-16)11-27-22-18(19-24-13-25-28(19)23(27)30)17-3-2-9-26(21(17)33-22)20(29)15-8-10-32-12-15/h4-7,13,15H,2-3,8-12H2,1H3. The van der Waals surface area contributed by atoms with E-state index in [1.54, 1.807) is 11.7 Å². The Bertz CT molecular complexity index is 1410. The first-order valence-corrected chi connectivity index (χ1v) is 11.9. The zero-order chi connectivity index (χ0) is 22.5. The normalized spacial score (nSPS) is 18.2. The van der Waals surface area contributed by atoms with Crippen molar-refractivity contribution in [3.63, 3.8) is 0 Å². The Hall–Kier alpha value is -3.24. The maximum absolute atomic E-state index is 13.4. The van der Waals surface area contributed by atoms with Gasteiger partial charge in [0.2, 0.25) is 5.91 Å². The zero-order valence-electron chi connectivity index (χ0n) is 18.2. The predicted molar refractivity (Wildman–Crippen MR) is 124 cm³/mol. The van der Waals surface area contributed by atoms with Crippen LogP contribution in [0.4, 0.5) is 5.00 Å². The van der Waals surface area contributed by atoms with Crippen molar-refractivity contribution in [3.8, 4) is 5.75 Å². The number of carbonyl (C=O) groups is 1. The fraction of sp³-hybridized carbons (Fsp3) is 0.391. The lowest BCUT2D eigenvalue weighted by atomic mass is 10.0. The number of rotatable bonds is 4. The second-order valence-corrected chi connectivity index (χ2v) is 9.41. The number of nitrogens with zero attached hydrogens (tertiary/aromatic N) is 5. The average molecular weight is 466 g/mol. The Morgan fingerprint density at radius 2 is 2.15 bits per heavy atom. The molecule has 1 atom stereocenters. The molecule has 33 heavy (non-hydrogen) atoms. The van der Waals surface area contributed by atoms with Crippen LogP contribution >= 0.6 is 11.3 Å². The molecule has 9 nitrogen and oxygen atoms in total. The highest BCUT2D eigenvalue weighted by Gasteiger charge is 2.34. The Balaban J connectivity index is 1.52. The number of carbonyl (C=O) groups excluding carboxylic acids is 1. The third-order valence-electron chi connectivity index (χ3n) is 6.49. The predicted octanol–water partition coefficient (Wildman–Crippen LogP) is 2.48. The Labute approximate surface area is 193 Å². The van der Waals surface area contributed by atoms with Gasteiger partial charge in [0.05, 0.1) is 31.6 Å². The number of fused-ring (bicyclic) bond motifs is 5. The summed E-state index contributed by atoms with van der Waals surface area (Å²) in [5, 5.41) is 6.04. The molecular formula is C23H23N5O4S. The molecule has 2 aliphatic heterocycles. The SMILES string of the molecule is COc1ccc(Cn2c(=O)n3ncnc3c3c4c(sc32)N(C(=O)C2CCOC2)CCC4)cc1. The van der Waals surface area contributed by atoms with Crippen molar-refractivity contribution in [2.24, 2.45) is 5.92 Å². The van der Waals surface area contributed by atoms with Gasteiger partial charge < -0.3 is 14.4 Å². The molecule has 1 saturated heterocycles. The molecular weight excluding hydrogens is 442 g/mol. The lowest BCUT2D eigenvalue weighted by molar-refractivity contribution is -0.122. The summed E-state index contributed by atoms with van der Waals surface area (Å²) in [5.74, 6) is 0.775. The van der Waals surface area contributed by atoms with Crippen LogP contribution in [0.3, 0.4) is 0 Å². The van der Waals surface area contributed by atoms with E-state index in [0.29, 0.717) is 32.0 Å².